The number of benzene rings is 3. The summed E-state index contributed by atoms with van der Waals surface area (Å²) >= 11 is 5.94. The van der Waals surface area contributed by atoms with Gasteiger partial charge in [0.1, 0.15) is 17.5 Å². The van der Waals surface area contributed by atoms with Crippen LogP contribution in [0.5, 0.6) is 0 Å². The molecule has 7 heteroatoms. The number of imidazole rings is 2. The van der Waals surface area contributed by atoms with E-state index in [1.54, 1.807) is 12.1 Å². The molecule has 1 aliphatic heterocycles. The Labute approximate surface area is 202 Å². The molecular weight excluding hydrogens is 449 g/mol. The van der Waals surface area contributed by atoms with Crippen LogP contribution in [0.1, 0.15) is 28.3 Å². The van der Waals surface area contributed by atoms with E-state index < -0.39 is 0 Å². The van der Waals surface area contributed by atoms with E-state index >= 15 is 0 Å². The van der Waals surface area contributed by atoms with Crippen molar-refractivity contribution in [2.75, 3.05) is 6.54 Å². The number of fused-ring (bicyclic) bond motifs is 4. The normalized spacial score (nSPS) is 14.2. The number of halogens is 2. The van der Waals surface area contributed by atoms with Gasteiger partial charge in [0, 0.05) is 31.6 Å². The Morgan fingerprint density at radius 1 is 0.971 bits per heavy atom. The molecular formula is C27H25ClFN5. The summed E-state index contributed by atoms with van der Waals surface area (Å²) in [6.07, 6.45) is 0.508. The number of hydrogen-bond donors (Lipinski definition) is 0. The lowest BCUT2D eigenvalue weighted by atomic mass is 10.0. The topological polar surface area (TPSA) is 38.9 Å². The summed E-state index contributed by atoms with van der Waals surface area (Å²) in [7, 11) is 2.09. The monoisotopic (exact) mass is 473 g/mol. The Morgan fingerprint density at radius 3 is 2.71 bits per heavy atom. The van der Waals surface area contributed by atoms with Gasteiger partial charge in [-0.25, -0.2) is 14.4 Å². The smallest absolute Gasteiger partial charge is 0.128 e. The van der Waals surface area contributed by atoms with Crippen molar-refractivity contribution in [3.8, 4) is 0 Å². The molecule has 0 atom stereocenters. The van der Waals surface area contributed by atoms with Crippen molar-refractivity contribution in [1.29, 1.82) is 0 Å². The molecule has 2 aromatic heterocycles. The lowest BCUT2D eigenvalue weighted by Crippen LogP contribution is -2.34. The van der Waals surface area contributed by atoms with Gasteiger partial charge in [-0.1, -0.05) is 35.9 Å². The highest BCUT2D eigenvalue weighted by Crippen LogP contribution is 2.28. The average molecular weight is 474 g/mol. The van der Waals surface area contributed by atoms with Crippen LogP contribution < -0.4 is 0 Å². The van der Waals surface area contributed by atoms with Crippen molar-refractivity contribution in [2.45, 2.75) is 33.0 Å². The Hall–Kier alpha value is -3.22. The molecule has 34 heavy (non-hydrogen) atoms. The van der Waals surface area contributed by atoms with Crippen molar-refractivity contribution in [3.05, 3.63) is 93.8 Å². The van der Waals surface area contributed by atoms with Crippen LogP contribution in [0, 0.1) is 12.7 Å². The third-order valence-corrected chi connectivity index (χ3v) is 7.06. The molecule has 172 valence electrons. The molecule has 1 aliphatic rings. The lowest BCUT2D eigenvalue weighted by molar-refractivity contribution is 0.204. The molecule has 5 nitrogen and oxygen atoms in total. The maximum Gasteiger partial charge on any atom is 0.128 e. The average Bonchev–Trinajstić information content (AvgIpc) is 3.33. The number of para-hydroxylation sites is 1. The second-order valence-corrected chi connectivity index (χ2v) is 9.60. The summed E-state index contributed by atoms with van der Waals surface area (Å²) in [4.78, 5) is 12.2. The van der Waals surface area contributed by atoms with Crippen LogP contribution in [0.15, 0.2) is 54.6 Å². The first-order chi connectivity index (χ1) is 16.5. The highest BCUT2D eigenvalue weighted by Gasteiger charge is 2.23. The van der Waals surface area contributed by atoms with Crippen molar-refractivity contribution in [3.63, 3.8) is 0 Å². The zero-order valence-corrected chi connectivity index (χ0v) is 20.0. The maximum absolute atomic E-state index is 14.5. The molecule has 6 rings (SSSR count). The third-order valence-electron chi connectivity index (χ3n) is 6.82. The van der Waals surface area contributed by atoms with Crippen molar-refractivity contribution in [1.82, 2.24) is 24.0 Å². The first kappa shape index (κ1) is 21.3. The molecule has 0 fully saturated rings. The molecule has 0 aliphatic carbocycles. The molecule has 0 amide bonds. The standard InChI is InChI=1S/C27H25ClFN5/c1-17-6-9-22-24(12-17)32(2)25(30-22)15-33-10-11-34-26(16-33)31-23-5-3-4-19(27(23)34)13-18-7-8-20(28)14-21(18)29/h3-9,12,14H,10-11,13,15-16H2,1-2H3. The molecule has 0 bridgehead atoms. The van der Waals surface area contributed by atoms with Gasteiger partial charge in [-0.3, -0.25) is 4.90 Å². The minimum atomic E-state index is -0.272. The minimum Gasteiger partial charge on any atom is -0.330 e. The van der Waals surface area contributed by atoms with Crippen molar-refractivity contribution >= 4 is 33.7 Å². The quantitative estimate of drug-likeness (QED) is 0.339. The first-order valence-electron chi connectivity index (χ1n) is 11.5. The molecule has 0 spiro atoms. The fourth-order valence-corrected chi connectivity index (χ4v) is 5.19. The highest BCUT2D eigenvalue weighted by molar-refractivity contribution is 6.30. The van der Waals surface area contributed by atoms with Gasteiger partial charge in [0.05, 0.1) is 35.2 Å². The summed E-state index contributed by atoms with van der Waals surface area (Å²) < 4.78 is 19.0. The number of aryl methyl sites for hydroxylation is 2. The second kappa shape index (κ2) is 8.22. The summed E-state index contributed by atoms with van der Waals surface area (Å²) in [5.74, 6) is 1.83. The van der Waals surface area contributed by atoms with Crippen LogP contribution in [0.2, 0.25) is 5.02 Å². The molecule has 3 heterocycles. The molecule has 0 unspecified atom stereocenters. The van der Waals surface area contributed by atoms with Crippen molar-refractivity contribution in [2.24, 2.45) is 7.05 Å². The molecule has 0 saturated heterocycles. The molecule has 0 N–H and O–H groups in total. The van der Waals surface area contributed by atoms with Gasteiger partial charge >= 0.3 is 0 Å². The Balaban J connectivity index is 1.29. The Kier molecular flexibility index (Phi) is 5.15. The van der Waals surface area contributed by atoms with Crippen LogP contribution in [-0.2, 0) is 33.1 Å². The van der Waals surface area contributed by atoms with E-state index in [0.717, 1.165) is 59.9 Å². The van der Waals surface area contributed by atoms with Crippen LogP contribution in [0.4, 0.5) is 4.39 Å². The van der Waals surface area contributed by atoms with E-state index in [9.17, 15) is 4.39 Å². The maximum atomic E-state index is 14.5. The van der Waals surface area contributed by atoms with E-state index in [4.69, 9.17) is 21.6 Å². The van der Waals surface area contributed by atoms with Crippen molar-refractivity contribution < 1.29 is 4.39 Å². The van der Waals surface area contributed by atoms with Gasteiger partial charge in [0.25, 0.3) is 0 Å². The largest absolute Gasteiger partial charge is 0.330 e. The molecule has 0 radical (unpaired) electrons. The molecule has 5 aromatic rings. The predicted octanol–water partition coefficient (Wildman–Crippen LogP) is 5.63. The van der Waals surface area contributed by atoms with Crippen LogP contribution >= 0.6 is 11.6 Å². The summed E-state index contributed by atoms with van der Waals surface area (Å²) in [5.41, 5.74) is 7.22. The number of rotatable bonds is 4. The van der Waals surface area contributed by atoms with E-state index in [2.05, 4.69) is 52.3 Å². The highest BCUT2D eigenvalue weighted by atomic mass is 35.5. The summed E-state index contributed by atoms with van der Waals surface area (Å²) in [6, 6.07) is 17.4. The van der Waals surface area contributed by atoms with E-state index in [0.29, 0.717) is 17.0 Å². The zero-order chi connectivity index (χ0) is 23.4. The molecule has 3 aromatic carbocycles. The Bertz CT molecular complexity index is 1550. The van der Waals surface area contributed by atoms with Gasteiger partial charge < -0.3 is 9.13 Å². The van der Waals surface area contributed by atoms with Gasteiger partial charge in [0.2, 0.25) is 0 Å². The number of aromatic nitrogens is 4. The predicted molar refractivity (Wildman–Crippen MR) is 134 cm³/mol. The zero-order valence-electron chi connectivity index (χ0n) is 19.2. The first-order valence-corrected chi connectivity index (χ1v) is 11.9. The van der Waals surface area contributed by atoms with Crippen LogP contribution in [0.3, 0.4) is 0 Å². The van der Waals surface area contributed by atoms with Crippen LogP contribution in [0.25, 0.3) is 22.1 Å². The van der Waals surface area contributed by atoms with Gasteiger partial charge in [0.15, 0.2) is 0 Å². The number of nitrogens with zero attached hydrogens (tertiary/aromatic N) is 5. The van der Waals surface area contributed by atoms with E-state index in [1.165, 1.54) is 17.1 Å². The van der Waals surface area contributed by atoms with Gasteiger partial charge in [-0.15, -0.1) is 0 Å². The fraction of sp³-hybridized carbons (Fsp3) is 0.259. The lowest BCUT2D eigenvalue weighted by Gasteiger charge is -2.27. The summed E-state index contributed by atoms with van der Waals surface area (Å²) in [6.45, 7) is 5.39. The summed E-state index contributed by atoms with van der Waals surface area (Å²) in [5, 5.41) is 0.414. The molecule has 0 saturated carbocycles. The van der Waals surface area contributed by atoms with Crippen LogP contribution in [-0.4, -0.2) is 30.5 Å². The Morgan fingerprint density at radius 2 is 1.85 bits per heavy atom. The van der Waals surface area contributed by atoms with Gasteiger partial charge in [-0.2, -0.15) is 0 Å². The van der Waals surface area contributed by atoms with E-state index in [1.807, 2.05) is 12.1 Å². The SMILES string of the molecule is Cc1ccc2nc(CN3CCn4c(nc5cccc(Cc6ccc(Cl)cc6F)c54)C3)n(C)c2c1. The minimum absolute atomic E-state index is 0.272. The van der Waals surface area contributed by atoms with E-state index in [-0.39, 0.29) is 5.82 Å². The number of hydrogen-bond acceptors (Lipinski definition) is 3. The fourth-order valence-electron chi connectivity index (χ4n) is 5.03. The third kappa shape index (κ3) is 3.67. The van der Waals surface area contributed by atoms with Gasteiger partial charge in [-0.05, 0) is 53.9 Å². The second-order valence-electron chi connectivity index (χ2n) is 9.17.